The van der Waals surface area contributed by atoms with Crippen LogP contribution in [0.15, 0.2) is 52.4 Å². The molecule has 2 aromatic carbocycles. The van der Waals surface area contributed by atoms with Gasteiger partial charge in [-0.25, -0.2) is 14.6 Å². The lowest BCUT2D eigenvalue weighted by molar-refractivity contribution is -0.115. The summed E-state index contributed by atoms with van der Waals surface area (Å²) in [5, 5.41) is 22.1. The fourth-order valence-corrected chi connectivity index (χ4v) is 4.73. The zero-order valence-electron chi connectivity index (χ0n) is 19.5. The molecule has 178 valence electrons. The Labute approximate surface area is 206 Å². The molecule has 3 aromatic rings. The van der Waals surface area contributed by atoms with Crippen molar-refractivity contribution in [1.82, 2.24) is 9.88 Å². The van der Waals surface area contributed by atoms with Gasteiger partial charge < -0.3 is 20.1 Å². The van der Waals surface area contributed by atoms with Crippen LogP contribution in [0.5, 0.6) is 0 Å². The van der Waals surface area contributed by atoms with Crippen LogP contribution in [0.3, 0.4) is 0 Å². The van der Waals surface area contributed by atoms with Gasteiger partial charge in [0.15, 0.2) is 5.17 Å². The molecule has 0 saturated carbocycles. The Hall–Kier alpha value is -4.11. The smallest absolute Gasteiger partial charge is 0.335 e. The van der Waals surface area contributed by atoms with E-state index in [-0.39, 0.29) is 17.0 Å². The molecule has 0 radical (unpaired) electrons. The number of carboxylic acid groups (broad SMARTS) is 2. The number of hydrogen-bond acceptors (Lipinski definition) is 5. The third kappa shape index (κ3) is 4.76. The number of thioether (sulfide) groups is 1. The number of carbonyl (C=O) groups excluding carboxylic acids is 1. The number of aromatic carboxylic acids is 2. The van der Waals surface area contributed by atoms with E-state index in [1.54, 1.807) is 10.6 Å². The van der Waals surface area contributed by atoms with E-state index in [0.717, 1.165) is 39.8 Å². The molecular weight excluding hydrogens is 466 g/mol. The number of hydrogen-bond donors (Lipinski definition) is 3. The highest BCUT2D eigenvalue weighted by atomic mass is 32.2. The molecule has 0 aliphatic carbocycles. The van der Waals surface area contributed by atoms with Crippen LogP contribution in [0, 0.1) is 27.7 Å². The quantitative estimate of drug-likeness (QED) is 0.434. The molecule has 1 aromatic heterocycles. The first-order valence-corrected chi connectivity index (χ1v) is 11.5. The number of nitrogens with one attached hydrogen (secondary N) is 1. The van der Waals surface area contributed by atoms with Gasteiger partial charge in [0.25, 0.3) is 5.91 Å². The van der Waals surface area contributed by atoms with Crippen LogP contribution < -0.4 is 5.32 Å². The molecule has 0 atom stereocenters. The van der Waals surface area contributed by atoms with E-state index >= 15 is 0 Å². The first-order valence-electron chi connectivity index (χ1n) is 10.7. The van der Waals surface area contributed by atoms with Crippen LogP contribution in [0.4, 0.5) is 5.69 Å². The summed E-state index contributed by atoms with van der Waals surface area (Å²) in [6.45, 7) is 7.65. The summed E-state index contributed by atoms with van der Waals surface area (Å²) in [6.07, 6.45) is 1.75. The molecule has 35 heavy (non-hydrogen) atoms. The first kappa shape index (κ1) is 24.0. The van der Waals surface area contributed by atoms with Crippen LogP contribution in [0.2, 0.25) is 0 Å². The lowest BCUT2D eigenvalue weighted by Gasteiger charge is -2.12. The summed E-state index contributed by atoms with van der Waals surface area (Å²) < 4.78 is 1.77. The van der Waals surface area contributed by atoms with Crippen molar-refractivity contribution in [3.8, 4) is 5.69 Å². The van der Waals surface area contributed by atoms with Crippen LogP contribution in [-0.2, 0) is 4.79 Å². The zero-order valence-corrected chi connectivity index (χ0v) is 20.4. The van der Waals surface area contributed by atoms with Crippen molar-refractivity contribution >= 4 is 46.5 Å². The lowest BCUT2D eigenvalue weighted by Crippen LogP contribution is -2.19. The molecule has 1 fully saturated rings. The van der Waals surface area contributed by atoms with E-state index in [2.05, 4.69) is 10.3 Å². The fraction of sp³-hybridized carbons (Fsp3) is 0.154. The van der Waals surface area contributed by atoms with E-state index < -0.39 is 11.9 Å². The molecule has 2 heterocycles. The number of carboxylic acids is 2. The van der Waals surface area contributed by atoms with Crippen LogP contribution in [0.1, 0.15) is 48.8 Å². The third-order valence-electron chi connectivity index (χ3n) is 5.88. The molecule has 1 aliphatic rings. The summed E-state index contributed by atoms with van der Waals surface area (Å²) in [6, 6.07) is 11.7. The molecule has 0 bridgehead atoms. The number of aryl methyl sites for hydroxylation is 2. The highest BCUT2D eigenvalue weighted by molar-refractivity contribution is 8.18. The van der Waals surface area contributed by atoms with Crippen molar-refractivity contribution in [1.29, 1.82) is 0 Å². The van der Waals surface area contributed by atoms with Gasteiger partial charge in [0.2, 0.25) is 0 Å². The molecule has 1 saturated heterocycles. The summed E-state index contributed by atoms with van der Waals surface area (Å²) >= 11 is 1.24. The van der Waals surface area contributed by atoms with E-state index in [0.29, 0.717) is 15.8 Å². The number of amides is 1. The Kier molecular flexibility index (Phi) is 6.36. The molecule has 0 unspecified atom stereocenters. The van der Waals surface area contributed by atoms with E-state index in [1.165, 1.54) is 23.9 Å². The average Bonchev–Trinajstić information content (AvgIpc) is 3.28. The highest BCUT2D eigenvalue weighted by Gasteiger charge is 2.25. The Bertz CT molecular complexity index is 1430. The number of nitrogens with zero attached hydrogens (tertiary/aromatic N) is 2. The van der Waals surface area contributed by atoms with E-state index in [1.807, 2.05) is 52.0 Å². The Balaban J connectivity index is 1.71. The minimum Gasteiger partial charge on any atom is -0.478 e. The van der Waals surface area contributed by atoms with E-state index in [9.17, 15) is 24.6 Å². The predicted octanol–water partition coefficient (Wildman–Crippen LogP) is 5.00. The van der Waals surface area contributed by atoms with Gasteiger partial charge in [0, 0.05) is 17.1 Å². The largest absolute Gasteiger partial charge is 0.478 e. The maximum Gasteiger partial charge on any atom is 0.335 e. The van der Waals surface area contributed by atoms with Crippen LogP contribution in [0.25, 0.3) is 11.8 Å². The number of aliphatic imine (C=N–C) groups is 1. The number of aromatic nitrogens is 1. The van der Waals surface area contributed by atoms with Gasteiger partial charge in [-0.3, -0.25) is 4.79 Å². The summed E-state index contributed by atoms with van der Waals surface area (Å²) in [5.41, 5.74) is 5.38. The topological polar surface area (TPSA) is 121 Å². The monoisotopic (exact) mass is 489 g/mol. The van der Waals surface area contributed by atoms with Crippen molar-refractivity contribution in [2.75, 3.05) is 0 Å². The number of amidine groups is 1. The van der Waals surface area contributed by atoms with Gasteiger partial charge >= 0.3 is 11.9 Å². The van der Waals surface area contributed by atoms with Gasteiger partial charge in [-0.2, -0.15) is 0 Å². The van der Waals surface area contributed by atoms with Gasteiger partial charge in [-0.1, -0.05) is 12.1 Å². The second-order valence-corrected chi connectivity index (χ2v) is 9.27. The number of benzene rings is 2. The normalized spacial score (nSPS) is 15.6. The highest BCUT2D eigenvalue weighted by Crippen LogP contribution is 2.32. The minimum atomic E-state index is -1.21. The van der Waals surface area contributed by atoms with Crippen molar-refractivity contribution in [3.63, 3.8) is 0 Å². The Morgan fingerprint density at radius 1 is 1.00 bits per heavy atom. The maximum atomic E-state index is 12.6. The molecule has 1 amide bonds. The predicted molar refractivity (Wildman–Crippen MR) is 136 cm³/mol. The second kappa shape index (κ2) is 9.27. The second-order valence-electron chi connectivity index (χ2n) is 8.24. The van der Waals surface area contributed by atoms with Gasteiger partial charge in [0.1, 0.15) is 0 Å². The molecule has 4 rings (SSSR count). The lowest BCUT2D eigenvalue weighted by atomic mass is 10.1. The summed E-state index contributed by atoms with van der Waals surface area (Å²) in [5.74, 6) is -2.69. The minimum absolute atomic E-state index is 0.120. The third-order valence-corrected chi connectivity index (χ3v) is 6.79. The van der Waals surface area contributed by atoms with Crippen LogP contribution >= 0.6 is 11.8 Å². The fourth-order valence-electron chi connectivity index (χ4n) is 3.91. The van der Waals surface area contributed by atoms with Crippen molar-refractivity contribution in [2.45, 2.75) is 27.7 Å². The van der Waals surface area contributed by atoms with Gasteiger partial charge in [-0.05, 0) is 92.6 Å². The molecule has 1 aliphatic heterocycles. The molecule has 8 nitrogen and oxygen atoms in total. The molecule has 0 spiro atoms. The molecular formula is C26H23N3O5S. The van der Waals surface area contributed by atoms with Gasteiger partial charge in [0.05, 0.1) is 21.7 Å². The average molecular weight is 490 g/mol. The summed E-state index contributed by atoms with van der Waals surface area (Å²) in [7, 11) is 0. The number of carbonyl (C=O) groups is 3. The number of rotatable bonds is 5. The Morgan fingerprint density at radius 2 is 1.66 bits per heavy atom. The SMILES string of the molecule is Cc1cccc(N=C2NC(=O)/C(=C\c3cc(C)n(-c4cc(C(=O)O)cc(C(=O)O)c4)c3C)S2)c1C. The van der Waals surface area contributed by atoms with Crippen molar-refractivity contribution in [3.05, 3.63) is 86.6 Å². The molecule has 3 N–H and O–H groups in total. The van der Waals surface area contributed by atoms with Crippen LogP contribution in [-0.4, -0.2) is 37.8 Å². The molecule has 9 heteroatoms. The van der Waals surface area contributed by atoms with E-state index in [4.69, 9.17) is 0 Å². The summed E-state index contributed by atoms with van der Waals surface area (Å²) in [4.78, 5) is 40.8. The van der Waals surface area contributed by atoms with Crippen molar-refractivity contribution in [2.24, 2.45) is 4.99 Å². The zero-order chi connectivity index (χ0) is 25.4. The van der Waals surface area contributed by atoms with Crippen molar-refractivity contribution < 1.29 is 24.6 Å². The standard InChI is InChI=1S/C26H23N3O5S/c1-13-6-5-7-21(15(13)3)27-26-28-23(30)22(35-26)12-17-8-14(2)29(16(17)4)20-10-18(24(31)32)9-19(11-20)25(33)34/h5-12H,1-4H3,(H,31,32)(H,33,34)(H,27,28,30)/b22-12+. The Morgan fingerprint density at radius 3 is 2.29 bits per heavy atom. The first-order chi connectivity index (χ1) is 16.5. The van der Waals surface area contributed by atoms with Gasteiger partial charge in [-0.15, -0.1) is 0 Å². The maximum absolute atomic E-state index is 12.6.